The van der Waals surface area contributed by atoms with E-state index in [1.54, 1.807) is 31.3 Å². The summed E-state index contributed by atoms with van der Waals surface area (Å²) in [6.45, 7) is 0. The highest BCUT2D eigenvalue weighted by Crippen LogP contribution is 2.41. The van der Waals surface area contributed by atoms with Gasteiger partial charge in [0.2, 0.25) is 5.91 Å². The van der Waals surface area contributed by atoms with E-state index in [1.807, 2.05) is 0 Å². The summed E-state index contributed by atoms with van der Waals surface area (Å²) in [7, 11) is 1.58. The largest absolute Gasteiger partial charge is 0.311 e. The van der Waals surface area contributed by atoms with Gasteiger partial charge in [-0.15, -0.1) is 0 Å². The first-order chi connectivity index (χ1) is 12.4. The first kappa shape index (κ1) is 16.1. The highest BCUT2D eigenvalue weighted by Gasteiger charge is 2.42. The molecule has 1 fully saturated rings. The number of benzene rings is 2. The number of anilines is 2. The minimum absolute atomic E-state index is 0.0144. The van der Waals surface area contributed by atoms with Gasteiger partial charge in [0.1, 0.15) is 11.6 Å². The Kier molecular flexibility index (Phi) is 3.47. The molecule has 0 unspecified atom stereocenters. The number of carbonyl (C=O) groups is 3. The molecular weight excluding hydrogens is 342 g/mol. The molecule has 0 aliphatic carbocycles. The van der Waals surface area contributed by atoms with Crippen molar-refractivity contribution in [3.63, 3.8) is 0 Å². The van der Waals surface area contributed by atoms with E-state index in [0.29, 0.717) is 22.2 Å². The van der Waals surface area contributed by atoms with Gasteiger partial charge in [-0.25, -0.2) is 13.7 Å². The van der Waals surface area contributed by atoms with Crippen LogP contribution < -0.4 is 9.80 Å². The van der Waals surface area contributed by atoms with Crippen molar-refractivity contribution in [3.05, 3.63) is 65.2 Å². The molecule has 0 N–H and O–H groups in total. The maximum atomic E-state index is 14.1. The fourth-order valence-electron chi connectivity index (χ4n) is 3.32. The molecule has 0 aromatic heterocycles. The van der Waals surface area contributed by atoms with Crippen molar-refractivity contribution >= 4 is 34.7 Å². The number of amides is 3. The number of para-hydroxylation sites is 1. The molecule has 0 atom stereocenters. The summed E-state index contributed by atoms with van der Waals surface area (Å²) in [6.07, 6.45) is -0.321. The van der Waals surface area contributed by atoms with Crippen molar-refractivity contribution in [1.29, 1.82) is 0 Å². The van der Waals surface area contributed by atoms with E-state index >= 15 is 0 Å². The Bertz CT molecular complexity index is 1030. The number of likely N-dealkylation sites (N-methyl/N-ethyl adjacent to an activating group) is 1. The van der Waals surface area contributed by atoms with Crippen LogP contribution in [0.15, 0.2) is 48.0 Å². The Labute approximate surface area is 147 Å². The maximum absolute atomic E-state index is 14.1. The second-order valence-electron chi connectivity index (χ2n) is 6.04. The maximum Gasteiger partial charge on any atom is 0.262 e. The Hall–Kier alpha value is -3.35. The molecule has 0 spiro atoms. The zero-order chi connectivity index (χ0) is 18.6. The molecule has 2 aromatic carbocycles. The molecule has 3 amide bonds. The normalized spacial score (nSPS) is 19.6. The average Bonchev–Trinajstić information content (AvgIpc) is 3.03. The highest BCUT2D eigenvalue weighted by atomic mass is 19.1. The summed E-state index contributed by atoms with van der Waals surface area (Å²) in [5.74, 6) is -3.67. The van der Waals surface area contributed by atoms with Crippen LogP contribution in [0.3, 0.4) is 0 Å². The van der Waals surface area contributed by atoms with Gasteiger partial charge < -0.3 is 4.90 Å². The Morgan fingerprint density at radius 2 is 1.65 bits per heavy atom. The molecule has 130 valence electrons. The topological polar surface area (TPSA) is 57.7 Å². The van der Waals surface area contributed by atoms with Gasteiger partial charge in [0, 0.05) is 24.3 Å². The summed E-state index contributed by atoms with van der Waals surface area (Å²) in [4.78, 5) is 39.9. The minimum atomic E-state index is -1.02. The van der Waals surface area contributed by atoms with Crippen LogP contribution in [0, 0.1) is 11.6 Å². The van der Waals surface area contributed by atoms with Gasteiger partial charge in [-0.2, -0.15) is 0 Å². The minimum Gasteiger partial charge on any atom is -0.311 e. The predicted octanol–water partition coefficient (Wildman–Crippen LogP) is 2.66. The van der Waals surface area contributed by atoms with Crippen molar-refractivity contribution < 1.29 is 23.2 Å². The molecule has 0 radical (unpaired) electrons. The molecule has 2 aliphatic heterocycles. The molecule has 2 aromatic rings. The standard InChI is InChI=1S/C19H12F2N2O3/c1-22-14-5-3-2-4-11(14)17(19(22)26)12-9-16(24)23(18(12)25)15-7-6-10(20)8-13(15)21/h2-8H,9H2,1H3. The molecule has 1 saturated heterocycles. The lowest BCUT2D eigenvalue weighted by Crippen LogP contribution is -2.30. The molecule has 2 aliphatic rings. The third-order valence-corrected chi connectivity index (χ3v) is 4.54. The van der Waals surface area contributed by atoms with Crippen LogP contribution in [0.2, 0.25) is 0 Å². The van der Waals surface area contributed by atoms with E-state index in [1.165, 1.54) is 4.90 Å². The lowest BCUT2D eigenvalue weighted by Gasteiger charge is -2.14. The van der Waals surface area contributed by atoms with Gasteiger partial charge in [-0.1, -0.05) is 18.2 Å². The number of hydrogen-bond acceptors (Lipinski definition) is 3. The lowest BCUT2D eigenvalue weighted by atomic mass is 10.00. The number of imide groups is 1. The summed E-state index contributed by atoms with van der Waals surface area (Å²) in [5, 5.41) is 0. The summed E-state index contributed by atoms with van der Waals surface area (Å²) < 4.78 is 27.2. The van der Waals surface area contributed by atoms with Crippen molar-refractivity contribution in [1.82, 2.24) is 0 Å². The number of carbonyl (C=O) groups excluding carboxylic acids is 3. The third kappa shape index (κ3) is 2.17. The summed E-state index contributed by atoms with van der Waals surface area (Å²) in [6, 6.07) is 9.52. The SMILES string of the molecule is CN1C(=O)C(=C2CC(=O)N(c3ccc(F)cc3F)C2=O)c2ccccc21. The quantitative estimate of drug-likeness (QED) is 0.584. The van der Waals surface area contributed by atoms with Gasteiger partial charge >= 0.3 is 0 Å². The van der Waals surface area contributed by atoms with E-state index in [4.69, 9.17) is 0 Å². The Balaban J connectivity index is 1.86. The van der Waals surface area contributed by atoms with E-state index in [9.17, 15) is 23.2 Å². The molecule has 0 bridgehead atoms. The van der Waals surface area contributed by atoms with Gasteiger partial charge in [-0.3, -0.25) is 14.4 Å². The van der Waals surface area contributed by atoms with Crippen LogP contribution in [-0.4, -0.2) is 24.8 Å². The average molecular weight is 354 g/mol. The zero-order valence-corrected chi connectivity index (χ0v) is 13.6. The number of nitrogens with zero attached hydrogens (tertiary/aromatic N) is 2. The molecule has 0 saturated carbocycles. The van der Waals surface area contributed by atoms with Crippen molar-refractivity contribution in [2.75, 3.05) is 16.8 Å². The monoisotopic (exact) mass is 354 g/mol. The smallest absolute Gasteiger partial charge is 0.262 e. The predicted molar refractivity (Wildman–Crippen MR) is 90.2 cm³/mol. The van der Waals surface area contributed by atoms with Crippen LogP contribution in [0.5, 0.6) is 0 Å². The number of rotatable bonds is 1. The lowest BCUT2D eigenvalue weighted by molar-refractivity contribution is -0.121. The molecule has 5 nitrogen and oxygen atoms in total. The number of hydrogen-bond donors (Lipinski definition) is 0. The fourth-order valence-corrected chi connectivity index (χ4v) is 3.32. The van der Waals surface area contributed by atoms with Gasteiger partial charge in [0.25, 0.3) is 11.8 Å². The van der Waals surface area contributed by atoms with E-state index < -0.39 is 29.4 Å². The highest BCUT2D eigenvalue weighted by molar-refractivity contribution is 6.41. The van der Waals surface area contributed by atoms with Crippen molar-refractivity contribution in [3.8, 4) is 0 Å². The number of fused-ring (bicyclic) bond motifs is 1. The molecule has 26 heavy (non-hydrogen) atoms. The van der Waals surface area contributed by atoms with Gasteiger partial charge in [0.05, 0.1) is 23.4 Å². The molecule has 7 heteroatoms. The van der Waals surface area contributed by atoms with Crippen LogP contribution in [0.4, 0.5) is 20.2 Å². The van der Waals surface area contributed by atoms with Crippen molar-refractivity contribution in [2.24, 2.45) is 0 Å². The van der Waals surface area contributed by atoms with Crippen LogP contribution in [0.25, 0.3) is 5.57 Å². The van der Waals surface area contributed by atoms with Gasteiger partial charge in [0.15, 0.2) is 0 Å². The second-order valence-corrected chi connectivity index (χ2v) is 6.04. The van der Waals surface area contributed by atoms with Gasteiger partial charge in [-0.05, 0) is 18.2 Å². The third-order valence-electron chi connectivity index (χ3n) is 4.54. The second kappa shape index (κ2) is 5.59. The van der Waals surface area contributed by atoms with Crippen LogP contribution in [-0.2, 0) is 14.4 Å². The van der Waals surface area contributed by atoms with Crippen LogP contribution >= 0.6 is 0 Å². The summed E-state index contributed by atoms with van der Waals surface area (Å²) >= 11 is 0. The van der Waals surface area contributed by atoms with E-state index in [-0.39, 0.29) is 23.3 Å². The molecule has 2 heterocycles. The first-order valence-corrected chi connectivity index (χ1v) is 7.83. The molecular formula is C19H12F2N2O3. The van der Waals surface area contributed by atoms with E-state index in [0.717, 1.165) is 12.1 Å². The van der Waals surface area contributed by atoms with Crippen LogP contribution in [0.1, 0.15) is 12.0 Å². The zero-order valence-electron chi connectivity index (χ0n) is 13.6. The Morgan fingerprint density at radius 1 is 0.923 bits per heavy atom. The number of halogens is 2. The first-order valence-electron chi connectivity index (χ1n) is 7.83. The summed E-state index contributed by atoms with van der Waals surface area (Å²) in [5.41, 5.74) is 1.01. The van der Waals surface area contributed by atoms with Crippen molar-refractivity contribution in [2.45, 2.75) is 6.42 Å². The fraction of sp³-hybridized carbons (Fsp3) is 0.105. The van der Waals surface area contributed by atoms with E-state index in [2.05, 4.69) is 0 Å². The Morgan fingerprint density at radius 3 is 2.38 bits per heavy atom. The molecule has 4 rings (SSSR count).